The van der Waals surface area contributed by atoms with Crippen LogP contribution in [0.1, 0.15) is 49.7 Å². The number of nitrogens with zero attached hydrogens (tertiary/aromatic N) is 4. The number of carbonyl (C=O) groups is 1. The van der Waals surface area contributed by atoms with Gasteiger partial charge in [-0.25, -0.2) is 4.39 Å². The number of hydrogen-bond donors (Lipinski definition) is 1. The molecule has 1 amide bonds. The highest BCUT2D eigenvalue weighted by Crippen LogP contribution is 2.23. The van der Waals surface area contributed by atoms with Gasteiger partial charge in [-0.3, -0.25) is 14.6 Å². The minimum Gasteiger partial charge on any atom is -0.371 e. The fourth-order valence-corrected chi connectivity index (χ4v) is 3.62. The van der Waals surface area contributed by atoms with Gasteiger partial charge in [0.05, 0.1) is 6.54 Å². The van der Waals surface area contributed by atoms with E-state index in [0.717, 1.165) is 26.1 Å². The highest BCUT2D eigenvalue weighted by molar-refractivity contribution is 5.81. The third-order valence-electron chi connectivity index (χ3n) is 5.07. The number of hydrogen-bond acceptors (Lipinski definition) is 7. The molecule has 0 unspecified atom stereocenters. The van der Waals surface area contributed by atoms with Crippen molar-refractivity contribution >= 4 is 5.91 Å². The number of rotatable bonds is 8. The van der Waals surface area contributed by atoms with Crippen LogP contribution >= 0.6 is 0 Å². The summed E-state index contributed by atoms with van der Waals surface area (Å²) in [5, 5.41) is 4.00. The number of benzene rings is 1. The molecule has 0 radical (unpaired) electrons. The fraction of sp³-hybridized carbons (Fsp3) is 0.550. The summed E-state index contributed by atoms with van der Waals surface area (Å²) in [7, 11) is 0. The molecule has 29 heavy (non-hydrogen) atoms. The zero-order valence-corrected chi connectivity index (χ0v) is 16.9. The second kappa shape index (κ2) is 9.91. The number of carbonyl (C=O) groups excluding carboxylic acids is 1. The maximum Gasteiger partial charge on any atom is 0.240 e. The predicted octanol–water partition coefficient (Wildman–Crippen LogP) is 2.04. The molecule has 8 nitrogen and oxygen atoms in total. The summed E-state index contributed by atoms with van der Waals surface area (Å²) in [4.78, 5) is 20.8. The molecule has 2 aromatic rings. The first-order valence-corrected chi connectivity index (χ1v) is 9.93. The molecule has 0 bridgehead atoms. The number of primary amides is 1. The SMILES string of the molecule is CCO[C@@H](C)c1noc(CN2CCCN([C@@H](C(N)=O)c3ccc(F)cc3)CC2)n1. The molecule has 0 spiro atoms. The van der Waals surface area contributed by atoms with Gasteiger partial charge < -0.3 is 15.0 Å². The maximum atomic E-state index is 13.2. The molecular weight excluding hydrogens is 377 g/mol. The molecule has 1 aliphatic heterocycles. The lowest BCUT2D eigenvalue weighted by Crippen LogP contribution is -2.40. The van der Waals surface area contributed by atoms with Crippen molar-refractivity contribution in [2.45, 2.75) is 39.0 Å². The van der Waals surface area contributed by atoms with Gasteiger partial charge in [-0.1, -0.05) is 17.3 Å². The minimum absolute atomic E-state index is 0.204. The van der Waals surface area contributed by atoms with Crippen LogP contribution in [0.25, 0.3) is 0 Å². The van der Waals surface area contributed by atoms with Gasteiger partial charge in [-0.15, -0.1) is 0 Å². The van der Waals surface area contributed by atoms with Crippen LogP contribution in [0.2, 0.25) is 0 Å². The topological polar surface area (TPSA) is 97.7 Å². The molecule has 3 rings (SSSR count). The van der Waals surface area contributed by atoms with E-state index in [0.29, 0.717) is 37.0 Å². The van der Waals surface area contributed by atoms with Crippen molar-refractivity contribution in [3.63, 3.8) is 0 Å². The summed E-state index contributed by atoms with van der Waals surface area (Å²) < 4.78 is 24.1. The third kappa shape index (κ3) is 5.59. The van der Waals surface area contributed by atoms with Gasteiger partial charge in [0, 0.05) is 26.2 Å². The van der Waals surface area contributed by atoms with Crippen molar-refractivity contribution in [3.05, 3.63) is 47.4 Å². The molecule has 9 heteroatoms. The van der Waals surface area contributed by atoms with E-state index < -0.39 is 11.9 Å². The van der Waals surface area contributed by atoms with Gasteiger partial charge in [0.1, 0.15) is 18.0 Å². The van der Waals surface area contributed by atoms with E-state index in [1.54, 1.807) is 12.1 Å². The molecule has 2 N–H and O–H groups in total. The minimum atomic E-state index is -0.572. The predicted molar refractivity (Wildman–Crippen MR) is 104 cm³/mol. The highest BCUT2D eigenvalue weighted by Gasteiger charge is 2.28. The molecule has 0 saturated carbocycles. The van der Waals surface area contributed by atoms with E-state index in [1.807, 2.05) is 18.7 Å². The van der Waals surface area contributed by atoms with Gasteiger partial charge in [-0.05, 0) is 44.5 Å². The van der Waals surface area contributed by atoms with E-state index in [9.17, 15) is 9.18 Å². The highest BCUT2D eigenvalue weighted by atomic mass is 19.1. The molecular formula is C20H28FN5O3. The normalized spacial score (nSPS) is 18.3. The lowest BCUT2D eigenvalue weighted by Gasteiger charge is -2.28. The summed E-state index contributed by atoms with van der Waals surface area (Å²) >= 11 is 0. The van der Waals surface area contributed by atoms with Crippen molar-refractivity contribution < 1.29 is 18.4 Å². The average Bonchev–Trinajstić information content (AvgIpc) is 3.04. The summed E-state index contributed by atoms with van der Waals surface area (Å²) in [6.45, 7) is 7.87. The van der Waals surface area contributed by atoms with Crippen molar-refractivity contribution in [1.82, 2.24) is 19.9 Å². The van der Waals surface area contributed by atoms with E-state index in [-0.39, 0.29) is 11.9 Å². The van der Waals surface area contributed by atoms with E-state index >= 15 is 0 Å². The Bertz CT molecular complexity index is 798. The monoisotopic (exact) mass is 405 g/mol. The van der Waals surface area contributed by atoms with E-state index in [1.165, 1.54) is 12.1 Å². The lowest BCUT2D eigenvalue weighted by molar-refractivity contribution is -0.123. The number of amides is 1. The molecule has 1 saturated heterocycles. The molecule has 2 heterocycles. The number of nitrogens with two attached hydrogens (primary N) is 1. The van der Waals surface area contributed by atoms with Crippen LogP contribution < -0.4 is 5.73 Å². The lowest BCUT2D eigenvalue weighted by atomic mass is 10.0. The van der Waals surface area contributed by atoms with Gasteiger partial charge >= 0.3 is 0 Å². The summed E-state index contributed by atoms with van der Waals surface area (Å²) in [6.07, 6.45) is 0.658. The Kier molecular flexibility index (Phi) is 7.29. The van der Waals surface area contributed by atoms with Crippen LogP contribution in [-0.4, -0.2) is 58.6 Å². The van der Waals surface area contributed by atoms with Crippen molar-refractivity contribution in [1.29, 1.82) is 0 Å². The van der Waals surface area contributed by atoms with Gasteiger partial charge in [-0.2, -0.15) is 4.98 Å². The maximum absolute atomic E-state index is 13.2. The molecule has 1 aromatic carbocycles. The van der Waals surface area contributed by atoms with Crippen LogP contribution in [0, 0.1) is 5.82 Å². The Labute approximate surface area is 169 Å². The summed E-state index contributed by atoms with van der Waals surface area (Å²) in [6, 6.07) is 5.37. The Balaban J connectivity index is 1.62. The Morgan fingerprint density at radius 2 is 2.03 bits per heavy atom. The average molecular weight is 405 g/mol. The Morgan fingerprint density at radius 1 is 1.28 bits per heavy atom. The molecule has 0 aliphatic carbocycles. The van der Waals surface area contributed by atoms with Crippen LogP contribution in [0.3, 0.4) is 0 Å². The zero-order chi connectivity index (χ0) is 20.8. The fourth-order valence-electron chi connectivity index (χ4n) is 3.62. The number of ether oxygens (including phenoxy) is 1. The summed E-state index contributed by atoms with van der Waals surface area (Å²) in [5.41, 5.74) is 6.38. The standard InChI is InChI=1S/C20H28FN5O3/c1-3-28-14(2)20-23-17(29-24-20)13-25-9-4-10-26(12-11-25)18(19(22)27)15-5-7-16(21)8-6-15/h5-8,14,18H,3-4,9-13H2,1-2H3,(H2,22,27)/t14-,18+/m0/s1. The second-order valence-corrected chi connectivity index (χ2v) is 7.17. The van der Waals surface area contributed by atoms with Crippen LogP contribution in [-0.2, 0) is 16.1 Å². The summed E-state index contributed by atoms with van der Waals surface area (Å²) in [5.74, 6) is 0.321. The van der Waals surface area contributed by atoms with E-state index in [4.69, 9.17) is 15.0 Å². The van der Waals surface area contributed by atoms with Crippen LogP contribution in [0.4, 0.5) is 4.39 Å². The van der Waals surface area contributed by atoms with Crippen molar-refractivity contribution in [2.24, 2.45) is 5.73 Å². The molecule has 158 valence electrons. The third-order valence-corrected chi connectivity index (χ3v) is 5.07. The molecule has 1 aliphatic rings. The Morgan fingerprint density at radius 3 is 2.72 bits per heavy atom. The van der Waals surface area contributed by atoms with Gasteiger partial charge in [0.15, 0.2) is 5.82 Å². The first-order valence-electron chi connectivity index (χ1n) is 9.93. The first-order chi connectivity index (χ1) is 14.0. The molecule has 2 atom stereocenters. The smallest absolute Gasteiger partial charge is 0.240 e. The zero-order valence-electron chi connectivity index (χ0n) is 16.9. The Hall–Kier alpha value is -2.36. The van der Waals surface area contributed by atoms with Gasteiger partial charge in [0.25, 0.3) is 0 Å². The van der Waals surface area contributed by atoms with E-state index in [2.05, 4.69) is 15.0 Å². The second-order valence-electron chi connectivity index (χ2n) is 7.17. The van der Waals surface area contributed by atoms with Crippen molar-refractivity contribution in [3.8, 4) is 0 Å². The van der Waals surface area contributed by atoms with Crippen molar-refractivity contribution in [2.75, 3.05) is 32.8 Å². The van der Waals surface area contributed by atoms with Crippen LogP contribution in [0.15, 0.2) is 28.8 Å². The van der Waals surface area contributed by atoms with Gasteiger partial charge in [0.2, 0.25) is 11.8 Å². The van der Waals surface area contributed by atoms with Crippen LogP contribution in [0.5, 0.6) is 0 Å². The largest absolute Gasteiger partial charge is 0.371 e. The molecule has 1 fully saturated rings. The molecule has 1 aromatic heterocycles. The number of halogens is 1. The first kappa shape index (κ1) is 21.4. The quantitative estimate of drug-likeness (QED) is 0.718. The number of aromatic nitrogens is 2.